The van der Waals surface area contributed by atoms with Crippen LogP contribution in [-0.2, 0) is 7.05 Å². The Bertz CT molecular complexity index is 1170. The Morgan fingerprint density at radius 3 is 2.67 bits per heavy atom. The van der Waals surface area contributed by atoms with E-state index >= 15 is 0 Å². The lowest BCUT2D eigenvalue weighted by molar-refractivity contribution is 0.100. The highest BCUT2D eigenvalue weighted by molar-refractivity contribution is 7.21. The maximum atomic E-state index is 12.6. The number of rotatable bonds is 1. The summed E-state index contributed by atoms with van der Waals surface area (Å²) in [4.78, 5) is 18.0. The lowest BCUT2D eigenvalue weighted by atomic mass is 10.2. The maximum Gasteiger partial charge on any atom is 0.291 e. The zero-order chi connectivity index (χ0) is 16.8. The van der Waals surface area contributed by atoms with E-state index in [-0.39, 0.29) is 5.91 Å². The first kappa shape index (κ1) is 15.8. The van der Waals surface area contributed by atoms with Crippen molar-refractivity contribution in [1.82, 2.24) is 4.57 Å². The van der Waals surface area contributed by atoms with E-state index in [1.165, 1.54) is 22.7 Å². The van der Waals surface area contributed by atoms with E-state index in [1.54, 1.807) is 0 Å². The molecule has 0 unspecified atom stereocenters. The maximum absolute atomic E-state index is 12.6. The van der Waals surface area contributed by atoms with E-state index in [1.807, 2.05) is 54.1 Å². The molecule has 0 aliphatic carbocycles. The van der Waals surface area contributed by atoms with Gasteiger partial charge in [-0.15, -0.1) is 11.3 Å². The summed E-state index contributed by atoms with van der Waals surface area (Å²) in [5.74, 6) is -0.325. The summed E-state index contributed by atoms with van der Waals surface area (Å²) in [6.45, 7) is 0. The molecule has 0 aliphatic heterocycles. The Hall–Kier alpha value is -1.66. The molecule has 0 radical (unpaired) electrons. The SMILES string of the molecule is Cn1c(=NC(=O)c2sc3ccccc3c2Cl)sc2cc(Cl)ccc21. The number of benzene rings is 2. The molecule has 2 aromatic heterocycles. The number of aromatic nitrogens is 1. The van der Waals surface area contributed by atoms with Gasteiger partial charge in [0, 0.05) is 22.2 Å². The second kappa shape index (κ2) is 6.01. The molecule has 1 amide bonds. The van der Waals surface area contributed by atoms with Gasteiger partial charge in [-0.05, 0) is 24.3 Å². The summed E-state index contributed by atoms with van der Waals surface area (Å²) in [5.41, 5.74) is 0.985. The van der Waals surface area contributed by atoms with Gasteiger partial charge in [-0.3, -0.25) is 4.79 Å². The molecule has 3 nitrogen and oxygen atoms in total. The summed E-state index contributed by atoms with van der Waals surface area (Å²) >= 11 is 15.2. The number of nitrogens with zero attached hydrogens (tertiary/aromatic N) is 2. The van der Waals surface area contributed by atoms with Crippen LogP contribution >= 0.6 is 45.9 Å². The zero-order valence-electron chi connectivity index (χ0n) is 12.4. The van der Waals surface area contributed by atoms with Crippen LogP contribution in [0.1, 0.15) is 9.67 Å². The topological polar surface area (TPSA) is 34.4 Å². The standard InChI is InChI=1S/C17H10Cl2N2OS2/c1-21-11-7-6-9(18)8-13(11)24-17(21)20-16(22)15-14(19)10-4-2-3-5-12(10)23-15/h2-8H,1H3. The number of fused-ring (bicyclic) bond motifs is 2. The third kappa shape index (κ3) is 2.58. The monoisotopic (exact) mass is 392 g/mol. The number of thiazole rings is 1. The molecular formula is C17H10Cl2N2OS2. The van der Waals surface area contributed by atoms with Crippen molar-refractivity contribution in [3.63, 3.8) is 0 Å². The lowest BCUT2D eigenvalue weighted by Crippen LogP contribution is -2.12. The Morgan fingerprint density at radius 2 is 1.88 bits per heavy atom. The van der Waals surface area contributed by atoms with E-state index in [4.69, 9.17) is 23.2 Å². The fraction of sp³-hybridized carbons (Fsp3) is 0.0588. The molecule has 0 spiro atoms. The highest BCUT2D eigenvalue weighted by Crippen LogP contribution is 2.35. The van der Waals surface area contributed by atoms with Crippen LogP contribution in [0, 0.1) is 0 Å². The highest BCUT2D eigenvalue weighted by atomic mass is 35.5. The van der Waals surface area contributed by atoms with Gasteiger partial charge in [-0.2, -0.15) is 4.99 Å². The zero-order valence-corrected chi connectivity index (χ0v) is 15.6. The van der Waals surface area contributed by atoms with Crippen molar-refractivity contribution in [3.05, 3.63) is 62.2 Å². The molecule has 0 saturated carbocycles. The largest absolute Gasteiger partial charge is 0.319 e. The van der Waals surface area contributed by atoms with E-state index in [2.05, 4.69) is 4.99 Å². The van der Waals surface area contributed by atoms with E-state index in [0.717, 1.165) is 20.3 Å². The predicted molar refractivity (Wildman–Crippen MR) is 103 cm³/mol. The third-order valence-electron chi connectivity index (χ3n) is 3.70. The Labute approximate surface area is 155 Å². The normalized spacial score (nSPS) is 12.4. The first-order chi connectivity index (χ1) is 11.5. The molecule has 0 bridgehead atoms. The minimum Gasteiger partial charge on any atom is -0.319 e. The average molecular weight is 393 g/mol. The molecule has 2 heterocycles. The summed E-state index contributed by atoms with van der Waals surface area (Å²) in [6, 6.07) is 13.3. The van der Waals surface area contributed by atoms with Crippen molar-refractivity contribution in [2.45, 2.75) is 0 Å². The lowest BCUT2D eigenvalue weighted by Gasteiger charge is -1.95. The van der Waals surface area contributed by atoms with Gasteiger partial charge in [0.05, 0.1) is 15.2 Å². The summed E-state index contributed by atoms with van der Waals surface area (Å²) in [7, 11) is 1.88. The van der Waals surface area contributed by atoms with Crippen molar-refractivity contribution in [1.29, 1.82) is 0 Å². The highest BCUT2D eigenvalue weighted by Gasteiger charge is 2.17. The van der Waals surface area contributed by atoms with Gasteiger partial charge in [-0.25, -0.2) is 0 Å². The summed E-state index contributed by atoms with van der Waals surface area (Å²) in [6.07, 6.45) is 0. The van der Waals surface area contributed by atoms with Gasteiger partial charge in [-0.1, -0.05) is 52.7 Å². The molecule has 0 aliphatic rings. The van der Waals surface area contributed by atoms with Crippen molar-refractivity contribution >= 4 is 72.1 Å². The quantitative estimate of drug-likeness (QED) is 0.420. The van der Waals surface area contributed by atoms with Crippen LogP contribution in [-0.4, -0.2) is 10.5 Å². The number of thiophene rings is 1. The molecule has 7 heteroatoms. The summed E-state index contributed by atoms with van der Waals surface area (Å²) < 4.78 is 3.85. The Morgan fingerprint density at radius 1 is 1.08 bits per heavy atom. The minimum atomic E-state index is -0.325. The van der Waals surface area contributed by atoms with Crippen molar-refractivity contribution in [2.24, 2.45) is 12.0 Å². The van der Waals surface area contributed by atoms with E-state index < -0.39 is 0 Å². The predicted octanol–water partition coefficient (Wildman–Crippen LogP) is 5.50. The van der Waals surface area contributed by atoms with Gasteiger partial charge >= 0.3 is 0 Å². The van der Waals surface area contributed by atoms with E-state index in [9.17, 15) is 4.79 Å². The average Bonchev–Trinajstić information content (AvgIpc) is 3.06. The van der Waals surface area contributed by atoms with Gasteiger partial charge in [0.2, 0.25) is 0 Å². The number of carbonyl (C=O) groups is 1. The van der Waals surface area contributed by atoms with Crippen LogP contribution in [0.5, 0.6) is 0 Å². The number of hydrogen-bond donors (Lipinski definition) is 0. The van der Waals surface area contributed by atoms with Crippen LogP contribution in [0.4, 0.5) is 0 Å². The molecule has 0 atom stereocenters. The summed E-state index contributed by atoms with van der Waals surface area (Å²) in [5, 5.41) is 2.01. The second-order valence-corrected chi connectivity index (χ2v) is 8.09. The van der Waals surface area contributed by atoms with Gasteiger partial charge in [0.1, 0.15) is 4.88 Å². The van der Waals surface area contributed by atoms with Crippen LogP contribution in [0.25, 0.3) is 20.3 Å². The third-order valence-corrected chi connectivity index (χ3v) is 6.69. The van der Waals surface area contributed by atoms with Crippen LogP contribution in [0.15, 0.2) is 47.5 Å². The number of amides is 1. The molecule has 0 saturated heterocycles. The Kier molecular flexibility index (Phi) is 3.96. The fourth-order valence-corrected chi connectivity index (χ4v) is 5.19. The smallest absolute Gasteiger partial charge is 0.291 e. The number of halogens is 2. The van der Waals surface area contributed by atoms with Crippen LogP contribution in [0.2, 0.25) is 10.0 Å². The molecule has 24 heavy (non-hydrogen) atoms. The molecule has 0 N–H and O–H groups in total. The van der Waals surface area contributed by atoms with Crippen LogP contribution < -0.4 is 4.80 Å². The molecule has 4 rings (SSSR count). The van der Waals surface area contributed by atoms with E-state index in [0.29, 0.717) is 19.7 Å². The molecule has 120 valence electrons. The molecule has 4 aromatic rings. The van der Waals surface area contributed by atoms with Crippen LogP contribution in [0.3, 0.4) is 0 Å². The van der Waals surface area contributed by atoms with Gasteiger partial charge < -0.3 is 4.57 Å². The number of aryl methyl sites for hydroxylation is 1. The van der Waals surface area contributed by atoms with Crippen molar-refractivity contribution in [2.75, 3.05) is 0 Å². The van der Waals surface area contributed by atoms with Crippen molar-refractivity contribution < 1.29 is 4.79 Å². The minimum absolute atomic E-state index is 0.325. The fourth-order valence-electron chi connectivity index (χ4n) is 2.50. The number of carbonyl (C=O) groups excluding carboxylic acids is 1. The Balaban J connectivity index is 1.86. The first-order valence-electron chi connectivity index (χ1n) is 7.06. The first-order valence-corrected chi connectivity index (χ1v) is 9.44. The second-order valence-electron chi connectivity index (χ2n) is 5.21. The van der Waals surface area contributed by atoms with Gasteiger partial charge in [0.25, 0.3) is 5.91 Å². The molecule has 2 aromatic carbocycles. The molecular weight excluding hydrogens is 383 g/mol. The molecule has 0 fully saturated rings. The van der Waals surface area contributed by atoms with Crippen molar-refractivity contribution in [3.8, 4) is 0 Å². The van der Waals surface area contributed by atoms with Gasteiger partial charge in [0.15, 0.2) is 4.80 Å². The number of hydrogen-bond acceptors (Lipinski definition) is 3.